The van der Waals surface area contributed by atoms with E-state index >= 15 is 0 Å². The average Bonchev–Trinajstić information content (AvgIpc) is 2.90. The van der Waals surface area contributed by atoms with Gasteiger partial charge in [-0.15, -0.1) is 0 Å². The van der Waals surface area contributed by atoms with E-state index in [1.54, 1.807) is 12.1 Å². The molecule has 1 aromatic heterocycles. The molecule has 0 saturated heterocycles. The highest BCUT2D eigenvalue weighted by Gasteiger charge is 2.28. The number of phenols is 1. The van der Waals surface area contributed by atoms with Crippen molar-refractivity contribution in [3.8, 4) is 5.75 Å². The fourth-order valence-electron chi connectivity index (χ4n) is 2.83. The number of aromatic hydroxyl groups is 1. The summed E-state index contributed by atoms with van der Waals surface area (Å²) in [5.41, 5.74) is 3.38. The van der Waals surface area contributed by atoms with E-state index in [0.717, 1.165) is 29.4 Å². The van der Waals surface area contributed by atoms with Gasteiger partial charge in [0, 0.05) is 22.5 Å². The lowest BCUT2D eigenvalue weighted by Gasteiger charge is -2.07. The average molecular weight is 245 g/mol. The molecule has 1 aliphatic rings. The number of esters is 1. The molecule has 0 fully saturated rings. The van der Waals surface area contributed by atoms with Crippen molar-refractivity contribution < 1.29 is 14.6 Å². The number of aryl methyl sites for hydroxylation is 1. The number of phenolic OH excluding ortho intramolecular Hbond substituents is 1. The molecule has 2 aromatic rings. The van der Waals surface area contributed by atoms with Gasteiger partial charge in [0.15, 0.2) is 0 Å². The van der Waals surface area contributed by atoms with Crippen molar-refractivity contribution in [2.45, 2.75) is 25.2 Å². The number of carbonyl (C=O) groups is 1. The second-order valence-electron chi connectivity index (χ2n) is 4.76. The summed E-state index contributed by atoms with van der Waals surface area (Å²) >= 11 is 0. The third-order valence-electron chi connectivity index (χ3n) is 3.71. The molecule has 1 aromatic carbocycles. The number of hydrogen-bond donors (Lipinski definition) is 2. The second-order valence-corrected chi connectivity index (χ2v) is 4.76. The van der Waals surface area contributed by atoms with E-state index < -0.39 is 0 Å². The van der Waals surface area contributed by atoms with E-state index in [2.05, 4.69) is 4.98 Å². The fraction of sp³-hybridized carbons (Fsp3) is 0.357. The van der Waals surface area contributed by atoms with Gasteiger partial charge in [-0.2, -0.15) is 0 Å². The maximum Gasteiger partial charge on any atom is 0.306 e. The van der Waals surface area contributed by atoms with Crippen LogP contribution in [0.25, 0.3) is 10.9 Å². The fourth-order valence-corrected chi connectivity index (χ4v) is 2.83. The molecule has 0 unspecified atom stereocenters. The first-order valence-electron chi connectivity index (χ1n) is 6.09. The van der Waals surface area contributed by atoms with Crippen molar-refractivity contribution in [3.63, 3.8) is 0 Å². The third-order valence-corrected chi connectivity index (χ3v) is 3.71. The van der Waals surface area contributed by atoms with Crippen LogP contribution in [0, 0.1) is 0 Å². The topological polar surface area (TPSA) is 62.3 Å². The van der Waals surface area contributed by atoms with Crippen molar-refractivity contribution in [2.75, 3.05) is 7.11 Å². The van der Waals surface area contributed by atoms with Crippen molar-refractivity contribution in [1.82, 2.24) is 4.98 Å². The molecule has 1 heterocycles. The van der Waals surface area contributed by atoms with Crippen LogP contribution in [-0.4, -0.2) is 23.2 Å². The Bertz CT molecular complexity index is 615. The maximum atomic E-state index is 11.4. The minimum atomic E-state index is -0.172. The summed E-state index contributed by atoms with van der Waals surface area (Å²) in [4.78, 5) is 14.7. The molecule has 0 amide bonds. The summed E-state index contributed by atoms with van der Waals surface area (Å²) in [6.07, 6.45) is 2.32. The normalized spacial score (nSPS) is 17.9. The van der Waals surface area contributed by atoms with Gasteiger partial charge < -0.3 is 14.8 Å². The highest BCUT2D eigenvalue weighted by Crippen LogP contribution is 2.40. The Hall–Kier alpha value is -1.97. The van der Waals surface area contributed by atoms with Gasteiger partial charge in [-0.1, -0.05) is 0 Å². The Kier molecular flexibility index (Phi) is 2.51. The SMILES string of the molecule is COC(=O)C[C@H]1CCc2c1[nH]c1ccc(O)cc21. The number of nitrogens with one attached hydrogen (secondary N) is 1. The quantitative estimate of drug-likeness (QED) is 0.799. The minimum absolute atomic E-state index is 0.172. The molecule has 0 spiro atoms. The summed E-state index contributed by atoms with van der Waals surface area (Å²) in [5, 5.41) is 10.6. The molecule has 1 aliphatic carbocycles. The summed E-state index contributed by atoms with van der Waals surface area (Å²) < 4.78 is 4.73. The zero-order valence-electron chi connectivity index (χ0n) is 10.2. The number of fused-ring (bicyclic) bond motifs is 3. The molecule has 4 nitrogen and oxygen atoms in total. The van der Waals surface area contributed by atoms with Crippen LogP contribution in [0.4, 0.5) is 0 Å². The van der Waals surface area contributed by atoms with Crippen LogP contribution in [0.3, 0.4) is 0 Å². The highest BCUT2D eigenvalue weighted by molar-refractivity contribution is 5.87. The predicted octanol–water partition coefficient (Wildman–Crippen LogP) is 2.47. The smallest absolute Gasteiger partial charge is 0.306 e. The number of rotatable bonds is 2. The van der Waals surface area contributed by atoms with E-state index in [0.29, 0.717) is 6.42 Å². The zero-order valence-corrected chi connectivity index (χ0v) is 10.2. The summed E-state index contributed by atoms with van der Waals surface area (Å²) in [5.74, 6) is 0.317. The van der Waals surface area contributed by atoms with E-state index in [1.165, 1.54) is 12.7 Å². The van der Waals surface area contributed by atoms with Crippen LogP contribution >= 0.6 is 0 Å². The minimum Gasteiger partial charge on any atom is -0.508 e. The third kappa shape index (κ3) is 1.65. The molecule has 94 valence electrons. The zero-order chi connectivity index (χ0) is 12.7. The first-order chi connectivity index (χ1) is 8.69. The molecule has 18 heavy (non-hydrogen) atoms. The van der Waals surface area contributed by atoms with Crippen molar-refractivity contribution in [3.05, 3.63) is 29.5 Å². The van der Waals surface area contributed by atoms with Crippen LogP contribution in [0.1, 0.15) is 30.0 Å². The molecule has 0 saturated carbocycles. The highest BCUT2D eigenvalue weighted by atomic mass is 16.5. The van der Waals surface area contributed by atoms with Crippen LogP contribution in [-0.2, 0) is 16.0 Å². The summed E-state index contributed by atoms with van der Waals surface area (Å²) in [6, 6.07) is 5.33. The summed E-state index contributed by atoms with van der Waals surface area (Å²) in [6.45, 7) is 0. The standard InChI is InChI=1S/C14H15NO3/c1-18-13(17)6-8-2-4-10-11-7-9(16)3-5-12(11)15-14(8)10/h3,5,7-8,15-16H,2,4,6H2,1H3/t8-/m1/s1. The number of H-pyrrole nitrogens is 1. The predicted molar refractivity (Wildman–Crippen MR) is 67.7 cm³/mol. The summed E-state index contributed by atoms with van der Waals surface area (Å²) in [7, 11) is 1.42. The van der Waals surface area contributed by atoms with Gasteiger partial charge in [0.2, 0.25) is 0 Å². The monoisotopic (exact) mass is 245 g/mol. The number of aromatic nitrogens is 1. The van der Waals surface area contributed by atoms with Crippen LogP contribution in [0.2, 0.25) is 0 Å². The van der Waals surface area contributed by atoms with Crippen molar-refractivity contribution >= 4 is 16.9 Å². The van der Waals surface area contributed by atoms with Gasteiger partial charge in [-0.05, 0) is 36.6 Å². The number of benzene rings is 1. The molecular weight excluding hydrogens is 230 g/mol. The van der Waals surface area contributed by atoms with E-state index in [9.17, 15) is 9.90 Å². The molecular formula is C14H15NO3. The van der Waals surface area contributed by atoms with Gasteiger partial charge in [-0.3, -0.25) is 4.79 Å². The van der Waals surface area contributed by atoms with E-state index in [-0.39, 0.29) is 17.6 Å². The van der Waals surface area contributed by atoms with Crippen LogP contribution in [0.5, 0.6) is 5.75 Å². The van der Waals surface area contributed by atoms with Gasteiger partial charge in [0.05, 0.1) is 13.5 Å². The number of aromatic amines is 1. The number of ether oxygens (including phenoxy) is 1. The molecule has 0 radical (unpaired) electrons. The first kappa shape index (κ1) is 11.1. The van der Waals surface area contributed by atoms with Gasteiger partial charge in [-0.25, -0.2) is 0 Å². The maximum absolute atomic E-state index is 11.4. The van der Waals surface area contributed by atoms with Gasteiger partial charge in [0.25, 0.3) is 0 Å². The van der Waals surface area contributed by atoms with Crippen LogP contribution in [0.15, 0.2) is 18.2 Å². The lowest BCUT2D eigenvalue weighted by molar-refractivity contribution is -0.141. The molecule has 2 N–H and O–H groups in total. The van der Waals surface area contributed by atoms with Crippen LogP contribution < -0.4 is 0 Å². The van der Waals surface area contributed by atoms with E-state index in [1.807, 2.05) is 6.07 Å². The Balaban J connectivity index is 2.01. The Morgan fingerprint density at radius 1 is 1.56 bits per heavy atom. The van der Waals surface area contributed by atoms with Crippen molar-refractivity contribution in [1.29, 1.82) is 0 Å². The lowest BCUT2D eigenvalue weighted by atomic mass is 10.0. The Morgan fingerprint density at radius 3 is 3.17 bits per heavy atom. The Morgan fingerprint density at radius 2 is 2.39 bits per heavy atom. The van der Waals surface area contributed by atoms with E-state index in [4.69, 9.17) is 4.74 Å². The largest absolute Gasteiger partial charge is 0.508 e. The number of hydrogen-bond acceptors (Lipinski definition) is 3. The lowest BCUT2D eigenvalue weighted by Crippen LogP contribution is -2.06. The molecule has 1 atom stereocenters. The number of carbonyl (C=O) groups excluding carboxylic acids is 1. The first-order valence-corrected chi connectivity index (χ1v) is 6.09. The molecule has 4 heteroatoms. The molecule has 0 bridgehead atoms. The van der Waals surface area contributed by atoms with Gasteiger partial charge in [0.1, 0.15) is 5.75 Å². The molecule has 3 rings (SSSR count). The number of methoxy groups -OCH3 is 1. The molecule has 0 aliphatic heterocycles. The van der Waals surface area contributed by atoms with Crippen molar-refractivity contribution in [2.24, 2.45) is 0 Å². The van der Waals surface area contributed by atoms with Gasteiger partial charge >= 0.3 is 5.97 Å². The second kappa shape index (κ2) is 4.05. The Labute approximate surface area is 105 Å².